The van der Waals surface area contributed by atoms with Gasteiger partial charge in [-0.25, -0.2) is 9.97 Å². The molecule has 166 valence electrons. The molecule has 0 saturated carbocycles. The fourth-order valence-electron chi connectivity index (χ4n) is 4.63. The zero-order valence-electron chi connectivity index (χ0n) is 18.9. The normalized spacial score (nSPS) is 19.1. The van der Waals surface area contributed by atoms with Gasteiger partial charge in [0.25, 0.3) is 0 Å². The van der Waals surface area contributed by atoms with Crippen molar-refractivity contribution in [1.82, 2.24) is 19.8 Å². The largest absolute Gasteiger partial charge is 0.496 e. The molecule has 2 aliphatic heterocycles. The van der Waals surface area contributed by atoms with Crippen molar-refractivity contribution in [3.63, 3.8) is 0 Å². The second-order valence-corrected chi connectivity index (χ2v) is 8.64. The van der Waals surface area contributed by atoms with Crippen LogP contribution < -0.4 is 10.1 Å². The number of methoxy groups -OCH3 is 1. The lowest BCUT2D eigenvalue weighted by atomic mass is 9.96. The number of amides is 1. The Kier molecular flexibility index (Phi) is 6.70. The summed E-state index contributed by atoms with van der Waals surface area (Å²) in [6.07, 6.45) is 3.93. The first kappa shape index (κ1) is 21.6. The molecule has 0 spiro atoms. The van der Waals surface area contributed by atoms with Gasteiger partial charge in [-0.3, -0.25) is 4.79 Å². The Hall–Kier alpha value is -2.67. The second-order valence-electron chi connectivity index (χ2n) is 8.64. The smallest absolute Gasteiger partial charge is 0.219 e. The summed E-state index contributed by atoms with van der Waals surface area (Å²) in [7, 11) is 3.87. The molecule has 1 amide bonds. The van der Waals surface area contributed by atoms with Gasteiger partial charge in [-0.05, 0) is 44.5 Å². The molecular weight excluding hydrogens is 390 g/mol. The maximum atomic E-state index is 12.0. The van der Waals surface area contributed by atoms with Gasteiger partial charge in [0.15, 0.2) is 0 Å². The Labute approximate surface area is 184 Å². The first-order valence-corrected chi connectivity index (χ1v) is 11.2. The number of likely N-dealkylation sites (tertiary alicyclic amines) is 1. The van der Waals surface area contributed by atoms with Crippen molar-refractivity contribution in [2.24, 2.45) is 0 Å². The van der Waals surface area contributed by atoms with Crippen LogP contribution in [0.4, 0.5) is 5.82 Å². The van der Waals surface area contributed by atoms with E-state index in [1.54, 1.807) is 14.0 Å². The summed E-state index contributed by atoms with van der Waals surface area (Å²) in [5.74, 6) is 3.20. The molecule has 1 aromatic heterocycles. The first-order chi connectivity index (χ1) is 15.0. The van der Waals surface area contributed by atoms with E-state index >= 15 is 0 Å². The number of likely N-dealkylation sites (N-methyl/N-ethyl adjacent to an activating group) is 1. The zero-order chi connectivity index (χ0) is 21.8. The van der Waals surface area contributed by atoms with Crippen molar-refractivity contribution in [3.8, 4) is 5.75 Å². The average Bonchev–Trinajstić information content (AvgIpc) is 2.78. The number of nitrogens with zero attached hydrogens (tertiary/aromatic N) is 4. The van der Waals surface area contributed by atoms with Crippen molar-refractivity contribution in [2.45, 2.75) is 45.1 Å². The third-order valence-electron chi connectivity index (χ3n) is 6.39. The van der Waals surface area contributed by atoms with E-state index in [0.717, 1.165) is 74.1 Å². The lowest BCUT2D eigenvalue weighted by Crippen LogP contribution is -2.36. The monoisotopic (exact) mass is 423 g/mol. The number of rotatable bonds is 6. The van der Waals surface area contributed by atoms with Gasteiger partial charge >= 0.3 is 0 Å². The predicted molar refractivity (Wildman–Crippen MR) is 121 cm³/mol. The number of hydrogen-bond acceptors (Lipinski definition) is 6. The van der Waals surface area contributed by atoms with E-state index < -0.39 is 0 Å². The fraction of sp³-hybridized carbons (Fsp3) is 0.542. The highest BCUT2D eigenvalue weighted by Gasteiger charge is 2.27. The summed E-state index contributed by atoms with van der Waals surface area (Å²) in [6.45, 7) is 5.81. The molecule has 0 unspecified atom stereocenters. The molecule has 4 rings (SSSR count). The molecule has 0 bridgehead atoms. The Morgan fingerprint density at radius 2 is 2.10 bits per heavy atom. The van der Waals surface area contributed by atoms with E-state index in [2.05, 4.69) is 23.3 Å². The van der Waals surface area contributed by atoms with Crippen molar-refractivity contribution in [3.05, 3.63) is 46.9 Å². The number of nitrogens with one attached hydrogen (secondary N) is 1. The molecule has 2 aromatic rings. The van der Waals surface area contributed by atoms with E-state index in [-0.39, 0.29) is 5.91 Å². The van der Waals surface area contributed by atoms with E-state index in [4.69, 9.17) is 14.7 Å². The Balaban J connectivity index is 1.57. The van der Waals surface area contributed by atoms with E-state index in [0.29, 0.717) is 12.5 Å². The van der Waals surface area contributed by atoms with E-state index in [1.807, 2.05) is 23.1 Å². The van der Waals surface area contributed by atoms with Gasteiger partial charge in [0.1, 0.15) is 17.4 Å². The van der Waals surface area contributed by atoms with Crippen molar-refractivity contribution < 1.29 is 9.53 Å². The lowest BCUT2D eigenvalue weighted by Gasteiger charge is -2.32. The molecule has 0 radical (unpaired) electrons. The van der Waals surface area contributed by atoms with Crippen LogP contribution in [0.3, 0.4) is 0 Å². The highest BCUT2D eigenvalue weighted by molar-refractivity contribution is 5.74. The van der Waals surface area contributed by atoms with Crippen LogP contribution in [0, 0.1) is 0 Å². The number of hydrogen-bond donors (Lipinski definition) is 1. The quantitative estimate of drug-likeness (QED) is 0.771. The number of ether oxygens (including phenoxy) is 1. The zero-order valence-corrected chi connectivity index (χ0v) is 18.9. The average molecular weight is 424 g/mol. The summed E-state index contributed by atoms with van der Waals surface area (Å²) in [6, 6.07) is 8.11. The molecule has 1 fully saturated rings. The van der Waals surface area contributed by atoms with Crippen LogP contribution in [0.15, 0.2) is 24.3 Å². The van der Waals surface area contributed by atoms with Crippen LogP contribution in [0.2, 0.25) is 0 Å². The van der Waals surface area contributed by atoms with Gasteiger partial charge in [-0.15, -0.1) is 0 Å². The van der Waals surface area contributed by atoms with Crippen LogP contribution >= 0.6 is 0 Å². The first-order valence-electron chi connectivity index (χ1n) is 11.2. The minimum Gasteiger partial charge on any atom is -0.496 e. The lowest BCUT2D eigenvalue weighted by molar-refractivity contribution is -0.129. The molecule has 1 N–H and O–H groups in total. The highest BCUT2D eigenvalue weighted by Crippen LogP contribution is 2.30. The number of piperidine rings is 1. The third-order valence-corrected chi connectivity index (χ3v) is 6.39. The molecule has 2 aliphatic rings. The summed E-state index contributed by atoms with van der Waals surface area (Å²) < 4.78 is 5.49. The van der Waals surface area contributed by atoms with Crippen LogP contribution in [0.25, 0.3) is 0 Å². The molecular formula is C24H33N5O2. The number of anilines is 1. The number of aromatic nitrogens is 2. The molecule has 1 saturated heterocycles. The summed E-state index contributed by atoms with van der Waals surface area (Å²) in [5.41, 5.74) is 3.32. The minimum atomic E-state index is 0.101. The Morgan fingerprint density at radius 1 is 1.26 bits per heavy atom. The van der Waals surface area contributed by atoms with Crippen LogP contribution in [0.5, 0.6) is 5.75 Å². The molecule has 7 heteroatoms. The third kappa shape index (κ3) is 4.98. The van der Waals surface area contributed by atoms with Crippen molar-refractivity contribution >= 4 is 11.7 Å². The molecule has 31 heavy (non-hydrogen) atoms. The molecule has 1 atom stereocenters. The topological polar surface area (TPSA) is 70.6 Å². The van der Waals surface area contributed by atoms with Crippen molar-refractivity contribution in [1.29, 1.82) is 0 Å². The minimum absolute atomic E-state index is 0.101. The second kappa shape index (κ2) is 9.64. The maximum Gasteiger partial charge on any atom is 0.219 e. The van der Waals surface area contributed by atoms with Gasteiger partial charge < -0.3 is 19.9 Å². The Bertz CT molecular complexity index is 932. The SMILES string of the molecule is COc1ccccc1CCNc1nc([C@H]2CCCN(C)C2)nc2c1CN(C(C)=O)CC2. The molecule has 7 nitrogen and oxygen atoms in total. The van der Waals surface area contributed by atoms with Gasteiger partial charge in [0.2, 0.25) is 5.91 Å². The number of fused-ring (bicyclic) bond motifs is 1. The van der Waals surface area contributed by atoms with Gasteiger partial charge in [-0.2, -0.15) is 0 Å². The van der Waals surface area contributed by atoms with Gasteiger partial charge in [-0.1, -0.05) is 18.2 Å². The van der Waals surface area contributed by atoms with Crippen LogP contribution in [0.1, 0.15) is 48.3 Å². The van der Waals surface area contributed by atoms with E-state index in [1.165, 1.54) is 12.0 Å². The Morgan fingerprint density at radius 3 is 2.87 bits per heavy atom. The summed E-state index contributed by atoms with van der Waals surface area (Å²) >= 11 is 0. The van der Waals surface area contributed by atoms with Crippen LogP contribution in [-0.2, 0) is 24.2 Å². The summed E-state index contributed by atoms with van der Waals surface area (Å²) in [5, 5.41) is 3.56. The maximum absolute atomic E-state index is 12.0. The fourth-order valence-corrected chi connectivity index (χ4v) is 4.63. The van der Waals surface area contributed by atoms with Gasteiger partial charge in [0, 0.05) is 44.5 Å². The highest BCUT2D eigenvalue weighted by atomic mass is 16.5. The standard InChI is InChI=1S/C24H33N5O2/c1-17(30)29-14-11-21-20(16-29)24(25-12-10-18-7-4-5-9-22(18)31-3)27-23(26-21)19-8-6-13-28(2)15-19/h4-5,7,9,19H,6,8,10-16H2,1-3H3,(H,25,26,27)/t19-/m0/s1. The number of carbonyl (C=O) groups excluding carboxylic acids is 1. The number of carbonyl (C=O) groups is 1. The summed E-state index contributed by atoms with van der Waals surface area (Å²) in [4.78, 5) is 26.2. The molecule has 3 heterocycles. The molecule has 0 aliphatic carbocycles. The van der Waals surface area contributed by atoms with E-state index in [9.17, 15) is 4.79 Å². The number of benzene rings is 1. The van der Waals surface area contributed by atoms with Crippen molar-refractivity contribution in [2.75, 3.05) is 45.7 Å². The van der Waals surface area contributed by atoms with Gasteiger partial charge in [0.05, 0.1) is 19.3 Å². The van der Waals surface area contributed by atoms with Crippen LogP contribution in [-0.4, -0.2) is 66.0 Å². The number of para-hydroxylation sites is 1. The molecule has 1 aromatic carbocycles. The predicted octanol–water partition coefficient (Wildman–Crippen LogP) is 2.85.